The molecule has 1 aromatic carbocycles. The summed E-state index contributed by atoms with van der Waals surface area (Å²) in [6, 6.07) is 3.62. The summed E-state index contributed by atoms with van der Waals surface area (Å²) >= 11 is 0. The highest BCUT2D eigenvalue weighted by atomic mass is 32.2. The van der Waals surface area contributed by atoms with Crippen LogP contribution in [-0.4, -0.2) is 44.6 Å². The van der Waals surface area contributed by atoms with E-state index in [1.165, 1.54) is 25.1 Å². The largest absolute Gasteiger partial charge is 0.472 e. The molecule has 0 spiro atoms. The van der Waals surface area contributed by atoms with Crippen LogP contribution in [0, 0.1) is 0 Å². The topological polar surface area (TPSA) is 116 Å². The molecular weight excluding hydrogens is 316 g/mol. The number of carbonyl (C=O) groups excluding carboxylic acids is 2. The fourth-order valence-corrected chi connectivity index (χ4v) is 2.30. The molecule has 0 bridgehead atoms. The molecule has 0 radical (unpaired) electrons. The van der Waals surface area contributed by atoms with E-state index in [0.29, 0.717) is 0 Å². The first-order valence-electron chi connectivity index (χ1n) is 6.17. The fourth-order valence-electron chi connectivity index (χ4n) is 1.65. The highest BCUT2D eigenvalue weighted by Gasteiger charge is 2.24. The minimum atomic E-state index is -4.45. The first-order chi connectivity index (χ1) is 10.2. The van der Waals surface area contributed by atoms with Crippen molar-refractivity contribution in [1.29, 1.82) is 0 Å². The van der Waals surface area contributed by atoms with Crippen LogP contribution < -0.4 is 4.74 Å². The van der Waals surface area contributed by atoms with Crippen LogP contribution >= 0.6 is 0 Å². The molecule has 0 saturated carbocycles. The smallest absolute Gasteiger partial charge is 0.338 e. The average molecular weight is 332 g/mol. The molecule has 0 aliphatic carbocycles. The van der Waals surface area contributed by atoms with Crippen LogP contribution in [0.25, 0.3) is 0 Å². The van der Waals surface area contributed by atoms with E-state index in [2.05, 4.69) is 9.47 Å². The monoisotopic (exact) mass is 332 g/mol. The van der Waals surface area contributed by atoms with Crippen LogP contribution in [-0.2, 0) is 19.6 Å². The summed E-state index contributed by atoms with van der Waals surface area (Å²) in [7, 11) is -2.14. The van der Waals surface area contributed by atoms with Gasteiger partial charge in [-0.15, -0.1) is 0 Å². The van der Waals surface area contributed by atoms with E-state index >= 15 is 0 Å². The summed E-state index contributed by atoms with van der Waals surface area (Å²) in [6.07, 6.45) is -0.0329. The predicted molar refractivity (Wildman–Crippen MR) is 75.4 cm³/mol. The molecule has 0 aliphatic heterocycles. The SMILES string of the molecule is CCC(Oc1cc(C(=O)OC)cc(C(=O)OC)c1)S(=O)(=O)O. The standard InChI is InChI=1S/C13H16O8S/c1-4-11(22(16,17)18)21-10-6-8(12(14)19-2)5-9(7-10)13(15)20-3/h5-7,11H,4H2,1-3H3,(H,16,17,18). The Morgan fingerprint density at radius 2 is 1.55 bits per heavy atom. The van der Waals surface area contributed by atoms with E-state index in [0.717, 1.165) is 14.2 Å². The van der Waals surface area contributed by atoms with E-state index in [4.69, 9.17) is 9.29 Å². The summed E-state index contributed by atoms with van der Waals surface area (Å²) in [6.45, 7) is 1.49. The Hall–Kier alpha value is -2.13. The first-order valence-corrected chi connectivity index (χ1v) is 7.68. The van der Waals surface area contributed by atoms with Crippen LogP contribution in [0.1, 0.15) is 34.1 Å². The van der Waals surface area contributed by atoms with Gasteiger partial charge in [-0.2, -0.15) is 8.42 Å². The Labute approximate surface area is 127 Å². The van der Waals surface area contributed by atoms with Crippen molar-refractivity contribution in [3.05, 3.63) is 29.3 Å². The highest BCUT2D eigenvalue weighted by molar-refractivity contribution is 7.86. The Balaban J connectivity index is 3.28. The number of hydrogen-bond donors (Lipinski definition) is 1. The van der Waals surface area contributed by atoms with Crippen LogP contribution in [0.2, 0.25) is 0 Å². The van der Waals surface area contributed by atoms with E-state index in [-0.39, 0.29) is 23.3 Å². The molecule has 9 heteroatoms. The summed E-state index contributed by atoms with van der Waals surface area (Å²) in [4.78, 5) is 23.2. The number of rotatable bonds is 6. The van der Waals surface area contributed by atoms with Gasteiger partial charge in [0.05, 0.1) is 25.3 Å². The second-order valence-corrected chi connectivity index (χ2v) is 5.76. The molecule has 1 unspecified atom stereocenters. The van der Waals surface area contributed by atoms with Crippen LogP contribution in [0.15, 0.2) is 18.2 Å². The van der Waals surface area contributed by atoms with Crippen LogP contribution in [0.5, 0.6) is 5.75 Å². The van der Waals surface area contributed by atoms with E-state index in [1.807, 2.05) is 0 Å². The molecule has 1 N–H and O–H groups in total. The number of methoxy groups -OCH3 is 2. The number of ether oxygens (including phenoxy) is 3. The molecule has 122 valence electrons. The van der Waals surface area contributed by atoms with E-state index < -0.39 is 27.5 Å². The van der Waals surface area contributed by atoms with Crippen molar-refractivity contribution in [2.75, 3.05) is 14.2 Å². The lowest BCUT2D eigenvalue weighted by Gasteiger charge is -2.15. The Morgan fingerprint density at radius 1 is 1.09 bits per heavy atom. The maximum absolute atomic E-state index is 11.6. The molecule has 22 heavy (non-hydrogen) atoms. The van der Waals surface area contributed by atoms with Crippen molar-refractivity contribution in [2.45, 2.75) is 18.8 Å². The Bertz CT molecular complexity index is 630. The second-order valence-electron chi connectivity index (χ2n) is 4.20. The van der Waals surface area contributed by atoms with Crippen molar-refractivity contribution < 1.29 is 36.8 Å². The zero-order chi connectivity index (χ0) is 16.9. The quantitative estimate of drug-likeness (QED) is 0.611. The number of hydrogen-bond acceptors (Lipinski definition) is 7. The van der Waals surface area contributed by atoms with Gasteiger partial charge in [-0.3, -0.25) is 4.55 Å². The van der Waals surface area contributed by atoms with Gasteiger partial charge in [-0.05, 0) is 24.6 Å². The molecule has 1 rings (SSSR count). The second kappa shape index (κ2) is 7.23. The molecule has 0 aromatic heterocycles. The third-order valence-corrected chi connectivity index (χ3v) is 3.78. The van der Waals surface area contributed by atoms with Crippen molar-refractivity contribution in [1.82, 2.24) is 0 Å². The van der Waals surface area contributed by atoms with Crippen molar-refractivity contribution in [2.24, 2.45) is 0 Å². The molecule has 0 fully saturated rings. The van der Waals surface area contributed by atoms with Gasteiger partial charge in [0.1, 0.15) is 5.75 Å². The van der Waals surface area contributed by atoms with Crippen LogP contribution in [0.3, 0.4) is 0 Å². The summed E-state index contributed by atoms with van der Waals surface area (Å²) in [5.74, 6) is -1.57. The van der Waals surface area contributed by atoms with Gasteiger partial charge < -0.3 is 14.2 Å². The third kappa shape index (κ3) is 4.43. The third-order valence-electron chi connectivity index (χ3n) is 2.68. The van der Waals surface area contributed by atoms with Gasteiger partial charge in [0.25, 0.3) is 0 Å². The summed E-state index contributed by atoms with van der Waals surface area (Å²) < 4.78 is 45.6. The lowest BCUT2D eigenvalue weighted by atomic mass is 10.1. The van der Waals surface area contributed by atoms with Gasteiger partial charge in [-0.25, -0.2) is 9.59 Å². The zero-order valence-electron chi connectivity index (χ0n) is 12.2. The Morgan fingerprint density at radius 3 is 1.86 bits per heavy atom. The van der Waals surface area contributed by atoms with Gasteiger partial charge >= 0.3 is 22.1 Å². The fraction of sp³-hybridized carbons (Fsp3) is 0.385. The van der Waals surface area contributed by atoms with Crippen LogP contribution in [0.4, 0.5) is 0 Å². The van der Waals surface area contributed by atoms with Gasteiger partial charge in [0.2, 0.25) is 5.44 Å². The number of carbonyl (C=O) groups is 2. The minimum Gasteiger partial charge on any atom is -0.472 e. The molecule has 0 saturated heterocycles. The van der Waals surface area contributed by atoms with Gasteiger partial charge in [0.15, 0.2) is 0 Å². The molecular formula is C13H16O8S. The zero-order valence-corrected chi connectivity index (χ0v) is 13.0. The van der Waals surface area contributed by atoms with E-state index in [1.54, 1.807) is 0 Å². The molecule has 1 atom stereocenters. The van der Waals surface area contributed by atoms with Crippen molar-refractivity contribution >= 4 is 22.1 Å². The minimum absolute atomic E-state index is 0.0226. The molecule has 1 aromatic rings. The molecule has 0 amide bonds. The van der Waals surface area contributed by atoms with Crippen molar-refractivity contribution in [3.63, 3.8) is 0 Å². The predicted octanol–water partition coefficient (Wildman–Crippen LogP) is 1.26. The lowest BCUT2D eigenvalue weighted by Crippen LogP contribution is -2.26. The molecule has 8 nitrogen and oxygen atoms in total. The number of esters is 2. The van der Waals surface area contributed by atoms with Gasteiger partial charge in [-0.1, -0.05) is 6.92 Å². The summed E-state index contributed by atoms with van der Waals surface area (Å²) in [5, 5.41) is 0. The van der Waals surface area contributed by atoms with Gasteiger partial charge in [0, 0.05) is 0 Å². The maximum Gasteiger partial charge on any atom is 0.338 e. The maximum atomic E-state index is 11.6. The molecule has 0 aliphatic rings. The number of benzene rings is 1. The normalized spacial score (nSPS) is 12.4. The first kappa shape index (κ1) is 17.9. The average Bonchev–Trinajstić information content (AvgIpc) is 2.49. The summed E-state index contributed by atoms with van der Waals surface area (Å²) in [5.41, 5.74) is -1.57. The Kier molecular flexibility index (Phi) is 5.89. The molecule has 0 heterocycles. The van der Waals surface area contributed by atoms with E-state index in [9.17, 15) is 18.0 Å². The highest BCUT2D eigenvalue weighted by Crippen LogP contribution is 2.22. The van der Waals surface area contributed by atoms with Crippen molar-refractivity contribution in [3.8, 4) is 5.75 Å². The lowest BCUT2D eigenvalue weighted by molar-refractivity contribution is 0.0598.